The summed E-state index contributed by atoms with van der Waals surface area (Å²) < 4.78 is 13.8. The lowest BCUT2D eigenvalue weighted by Crippen LogP contribution is -2.34. The molecule has 0 aromatic heterocycles. The molecule has 1 aliphatic carbocycles. The van der Waals surface area contributed by atoms with E-state index in [1.54, 1.807) is 6.07 Å². The van der Waals surface area contributed by atoms with Crippen LogP contribution in [0.3, 0.4) is 0 Å². The molecule has 1 aliphatic rings. The lowest BCUT2D eigenvalue weighted by molar-refractivity contribution is -0.142. The first kappa shape index (κ1) is 15.0. The fourth-order valence-corrected chi connectivity index (χ4v) is 2.92. The number of carbonyl (C=O) groups is 1. The molecular formula is C16H22FNO2. The van der Waals surface area contributed by atoms with E-state index in [1.165, 1.54) is 6.07 Å². The number of hydrogen-bond acceptors (Lipinski definition) is 2. The molecule has 0 spiro atoms. The average molecular weight is 279 g/mol. The molecule has 0 radical (unpaired) electrons. The van der Waals surface area contributed by atoms with Gasteiger partial charge in [-0.25, -0.2) is 4.39 Å². The van der Waals surface area contributed by atoms with E-state index in [0.717, 1.165) is 30.4 Å². The maximum absolute atomic E-state index is 13.8. The van der Waals surface area contributed by atoms with Crippen molar-refractivity contribution in [2.24, 2.45) is 5.92 Å². The molecule has 1 saturated carbocycles. The van der Waals surface area contributed by atoms with Gasteiger partial charge in [-0.05, 0) is 43.7 Å². The van der Waals surface area contributed by atoms with Crippen molar-refractivity contribution in [2.75, 3.05) is 0 Å². The van der Waals surface area contributed by atoms with Crippen molar-refractivity contribution >= 4 is 5.97 Å². The maximum atomic E-state index is 13.8. The smallest absolute Gasteiger partial charge is 0.306 e. The fraction of sp³-hybridized carbons (Fsp3) is 0.562. The summed E-state index contributed by atoms with van der Waals surface area (Å²) in [5.41, 5.74) is 1.78. The number of hydrogen-bond donors (Lipinski definition) is 2. The Morgan fingerprint density at radius 3 is 2.65 bits per heavy atom. The van der Waals surface area contributed by atoms with Crippen molar-refractivity contribution in [3.05, 3.63) is 35.1 Å². The number of carboxylic acids is 1. The zero-order chi connectivity index (χ0) is 14.5. The zero-order valence-electron chi connectivity index (χ0n) is 11.9. The number of rotatable bonds is 5. The molecule has 0 amide bonds. The Morgan fingerprint density at radius 1 is 1.35 bits per heavy atom. The number of benzene rings is 1. The predicted octanol–water partition coefficient (Wildman–Crippen LogP) is 3.12. The molecule has 0 heterocycles. The summed E-state index contributed by atoms with van der Waals surface area (Å²) in [6, 6.07) is 5.50. The molecule has 0 unspecified atom stereocenters. The van der Waals surface area contributed by atoms with Crippen LogP contribution in [0, 0.1) is 11.7 Å². The minimum atomic E-state index is -0.689. The van der Waals surface area contributed by atoms with Crippen molar-refractivity contribution in [2.45, 2.75) is 51.6 Å². The van der Waals surface area contributed by atoms with Crippen molar-refractivity contribution < 1.29 is 14.3 Å². The Morgan fingerprint density at radius 2 is 2.05 bits per heavy atom. The van der Waals surface area contributed by atoms with Crippen LogP contribution in [0.2, 0.25) is 0 Å². The Kier molecular flexibility index (Phi) is 5.12. The van der Waals surface area contributed by atoms with E-state index in [4.69, 9.17) is 5.11 Å². The van der Waals surface area contributed by atoms with Crippen LogP contribution in [0.15, 0.2) is 18.2 Å². The van der Waals surface area contributed by atoms with Gasteiger partial charge in [0.2, 0.25) is 0 Å². The van der Waals surface area contributed by atoms with Gasteiger partial charge in [0.05, 0.1) is 5.92 Å². The van der Waals surface area contributed by atoms with E-state index in [9.17, 15) is 9.18 Å². The highest BCUT2D eigenvalue weighted by Gasteiger charge is 2.25. The first-order valence-corrected chi connectivity index (χ1v) is 7.34. The lowest BCUT2D eigenvalue weighted by Gasteiger charge is -2.27. The normalized spacial score (nSPS) is 22.7. The average Bonchev–Trinajstić information content (AvgIpc) is 2.46. The van der Waals surface area contributed by atoms with Crippen molar-refractivity contribution in [3.8, 4) is 0 Å². The molecule has 4 heteroatoms. The first-order chi connectivity index (χ1) is 9.61. The summed E-state index contributed by atoms with van der Waals surface area (Å²) in [7, 11) is 0. The molecule has 20 heavy (non-hydrogen) atoms. The molecule has 3 nitrogen and oxygen atoms in total. The molecule has 110 valence electrons. The Hall–Kier alpha value is -1.42. The largest absolute Gasteiger partial charge is 0.481 e. The van der Waals surface area contributed by atoms with Crippen LogP contribution in [0.1, 0.15) is 43.7 Å². The van der Waals surface area contributed by atoms with E-state index in [0.29, 0.717) is 25.4 Å². The van der Waals surface area contributed by atoms with Crippen LogP contribution >= 0.6 is 0 Å². The van der Waals surface area contributed by atoms with Gasteiger partial charge in [-0.15, -0.1) is 0 Å². The van der Waals surface area contributed by atoms with Crippen LogP contribution in [-0.4, -0.2) is 17.1 Å². The highest BCUT2D eigenvalue weighted by atomic mass is 19.1. The van der Waals surface area contributed by atoms with Crippen LogP contribution < -0.4 is 5.32 Å². The van der Waals surface area contributed by atoms with Gasteiger partial charge >= 0.3 is 5.97 Å². The van der Waals surface area contributed by atoms with E-state index in [2.05, 4.69) is 5.32 Å². The summed E-state index contributed by atoms with van der Waals surface area (Å²) in [5, 5.41) is 12.3. The summed E-state index contributed by atoms with van der Waals surface area (Å²) >= 11 is 0. The summed E-state index contributed by atoms with van der Waals surface area (Å²) in [6.07, 6.45) is 3.95. The van der Waals surface area contributed by atoms with Gasteiger partial charge in [0.15, 0.2) is 0 Å². The van der Waals surface area contributed by atoms with Crippen LogP contribution in [-0.2, 0) is 17.8 Å². The second kappa shape index (κ2) is 6.84. The lowest BCUT2D eigenvalue weighted by atomic mass is 9.86. The second-order valence-corrected chi connectivity index (χ2v) is 5.50. The third-order valence-corrected chi connectivity index (χ3v) is 4.24. The zero-order valence-corrected chi connectivity index (χ0v) is 11.9. The van der Waals surface area contributed by atoms with Crippen LogP contribution in [0.4, 0.5) is 4.39 Å². The molecular weight excluding hydrogens is 257 g/mol. The van der Waals surface area contributed by atoms with E-state index >= 15 is 0 Å². The van der Waals surface area contributed by atoms with Gasteiger partial charge in [-0.2, -0.15) is 0 Å². The maximum Gasteiger partial charge on any atom is 0.306 e. The quantitative estimate of drug-likeness (QED) is 0.870. The minimum absolute atomic E-state index is 0.156. The van der Waals surface area contributed by atoms with E-state index < -0.39 is 5.97 Å². The van der Waals surface area contributed by atoms with Gasteiger partial charge in [0.1, 0.15) is 5.82 Å². The minimum Gasteiger partial charge on any atom is -0.481 e. The molecule has 0 bridgehead atoms. The number of carboxylic acid groups (broad SMARTS) is 1. The van der Waals surface area contributed by atoms with Gasteiger partial charge in [-0.1, -0.05) is 19.1 Å². The van der Waals surface area contributed by atoms with Gasteiger partial charge in [-0.3, -0.25) is 4.79 Å². The Bertz CT molecular complexity index is 468. The van der Waals surface area contributed by atoms with Crippen molar-refractivity contribution in [1.82, 2.24) is 5.32 Å². The standard InChI is InChI=1S/C16H22FNO2/c1-2-11-4-3-5-15(17)14(11)10-18-13-8-6-12(7-9-13)16(19)20/h3-5,12-13,18H,2,6-10H2,1H3,(H,19,20). The molecule has 0 saturated heterocycles. The Labute approximate surface area is 119 Å². The van der Waals surface area contributed by atoms with Crippen molar-refractivity contribution in [3.63, 3.8) is 0 Å². The predicted molar refractivity (Wildman–Crippen MR) is 76.0 cm³/mol. The summed E-state index contributed by atoms with van der Waals surface area (Å²) in [4.78, 5) is 10.9. The number of aryl methyl sites for hydroxylation is 1. The van der Waals surface area contributed by atoms with E-state index in [-0.39, 0.29) is 11.7 Å². The Balaban J connectivity index is 1.89. The number of halogens is 1. The topological polar surface area (TPSA) is 49.3 Å². The monoisotopic (exact) mass is 279 g/mol. The molecule has 0 aliphatic heterocycles. The molecule has 2 rings (SSSR count). The number of aliphatic carboxylic acids is 1. The van der Waals surface area contributed by atoms with Crippen LogP contribution in [0.5, 0.6) is 0 Å². The molecule has 1 aromatic carbocycles. The van der Waals surface area contributed by atoms with Crippen LogP contribution in [0.25, 0.3) is 0 Å². The molecule has 0 atom stereocenters. The summed E-state index contributed by atoms with van der Waals surface area (Å²) in [6.45, 7) is 2.55. The third-order valence-electron chi connectivity index (χ3n) is 4.24. The molecule has 1 fully saturated rings. The van der Waals surface area contributed by atoms with E-state index in [1.807, 2.05) is 13.0 Å². The van der Waals surface area contributed by atoms with Gasteiger partial charge in [0.25, 0.3) is 0 Å². The second-order valence-electron chi connectivity index (χ2n) is 5.50. The fourth-order valence-electron chi connectivity index (χ4n) is 2.92. The highest BCUT2D eigenvalue weighted by Crippen LogP contribution is 2.25. The third kappa shape index (κ3) is 3.57. The summed E-state index contributed by atoms with van der Waals surface area (Å²) in [5.74, 6) is -1.05. The van der Waals surface area contributed by atoms with Gasteiger partial charge < -0.3 is 10.4 Å². The molecule has 2 N–H and O–H groups in total. The SMILES string of the molecule is CCc1cccc(F)c1CNC1CCC(C(=O)O)CC1. The molecule has 1 aromatic rings. The van der Waals surface area contributed by atoms with Gasteiger partial charge in [0, 0.05) is 18.2 Å². The first-order valence-electron chi connectivity index (χ1n) is 7.34. The highest BCUT2D eigenvalue weighted by molar-refractivity contribution is 5.70. The van der Waals surface area contributed by atoms with Crippen molar-refractivity contribution in [1.29, 1.82) is 0 Å². The number of nitrogens with one attached hydrogen (secondary N) is 1.